The Balaban J connectivity index is 1.94. The van der Waals surface area contributed by atoms with Gasteiger partial charge < -0.3 is 14.7 Å². The first kappa shape index (κ1) is 16.3. The molecule has 1 amide bonds. The van der Waals surface area contributed by atoms with E-state index >= 15 is 0 Å². The number of ether oxygens (including phenoxy) is 1. The van der Waals surface area contributed by atoms with E-state index in [9.17, 15) is 9.59 Å². The molecule has 1 aliphatic rings. The van der Waals surface area contributed by atoms with Crippen LogP contribution in [0.4, 0.5) is 0 Å². The number of hydrogen-bond donors (Lipinski definition) is 1. The summed E-state index contributed by atoms with van der Waals surface area (Å²) in [5, 5.41) is 8.62. The zero-order chi connectivity index (χ0) is 15.9. The van der Waals surface area contributed by atoms with Crippen LogP contribution in [0.25, 0.3) is 0 Å². The van der Waals surface area contributed by atoms with E-state index in [1.807, 2.05) is 29.2 Å². The molecule has 0 radical (unpaired) electrons. The summed E-state index contributed by atoms with van der Waals surface area (Å²) < 4.78 is 5.25. The standard InChI is InChI=1S/C17H23NO4/c1-22-14-7-4-6-13(12-14)15-8-5-11-18(15)16(19)9-2-3-10-17(20)21/h4,6-7,12,15H,2-3,5,8-11H2,1H3,(H,20,21). The van der Waals surface area contributed by atoms with E-state index in [1.54, 1.807) is 7.11 Å². The summed E-state index contributed by atoms with van der Waals surface area (Å²) in [6.07, 6.45) is 3.71. The van der Waals surface area contributed by atoms with E-state index in [-0.39, 0.29) is 18.4 Å². The van der Waals surface area contributed by atoms with Crippen molar-refractivity contribution < 1.29 is 19.4 Å². The van der Waals surface area contributed by atoms with Gasteiger partial charge in [0.05, 0.1) is 13.2 Å². The van der Waals surface area contributed by atoms with Gasteiger partial charge in [-0.3, -0.25) is 9.59 Å². The highest BCUT2D eigenvalue weighted by Gasteiger charge is 2.29. The predicted octanol–water partition coefficient (Wildman–Crippen LogP) is 3.00. The molecule has 120 valence electrons. The second-order valence-electron chi connectivity index (χ2n) is 5.62. The average molecular weight is 305 g/mol. The number of unbranched alkanes of at least 4 members (excludes halogenated alkanes) is 1. The van der Waals surface area contributed by atoms with Crippen molar-refractivity contribution in [1.29, 1.82) is 0 Å². The molecular formula is C17H23NO4. The van der Waals surface area contributed by atoms with Gasteiger partial charge in [-0.05, 0) is 43.4 Å². The van der Waals surface area contributed by atoms with Gasteiger partial charge in [-0.25, -0.2) is 0 Å². The van der Waals surface area contributed by atoms with E-state index in [1.165, 1.54) is 0 Å². The van der Waals surface area contributed by atoms with Crippen LogP contribution in [-0.4, -0.2) is 35.5 Å². The number of aliphatic carboxylic acids is 1. The first-order chi connectivity index (χ1) is 10.6. The molecule has 0 spiro atoms. The lowest BCUT2D eigenvalue weighted by molar-refractivity contribution is -0.137. The molecule has 22 heavy (non-hydrogen) atoms. The highest BCUT2D eigenvalue weighted by atomic mass is 16.5. The molecule has 1 unspecified atom stereocenters. The van der Waals surface area contributed by atoms with E-state index in [0.29, 0.717) is 19.3 Å². The Morgan fingerprint density at radius 2 is 2.09 bits per heavy atom. The molecule has 5 heteroatoms. The van der Waals surface area contributed by atoms with E-state index < -0.39 is 5.97 Å². The average Bonchev–Trinajstić information content (AvgIpc) is 3.01. The van der Waals surface area contributed by atoms with Gasteiger partial charge in [0.1, 0.15) is 5.75 Å². The van der Waals surface area contributed by atoms with Crippen molar-refractivity contribution in [3.8, 4) is 5.75 Å². The highest BCUT2D eigenvalue weighted by Crippen LogP contribution is 2.34. The molecule has 1 aliphatic heterocycles. The maximum absolute atomic E-state index is 12.4. The maximum Gasteiger partial charge on any atom is 0.303 e. The molecule has 0 bridgehead atoms. The third kappa shape index (κ3) is 4.23. The number of carboxylic acids is 1. The number of carbonyl (C=O) groups is 2. The van der Waals surface area contributed by atoms with Crippen molar-refractivity contribution in [2.24, 2.45) is 0 Å². The molecule has 1 aromatic rings. The molecular weight excluding hydrogens is 282 g/mol. The molecule has 1 fully saturated rings. The summed E-state index contributed by atoms with van der Waals surface area (Å²) in [6, 6.07) is 7.98. The van der Waals surface area contributed by atoms with Crippen LogP contribution in [-0.2, 0) is 9.59 Å². The number of rotatable bonds is 7. The van der Waals surface area contributed by atoms with Crippen LogP contribution in [0.15, 0.2) is 24.3 Å². The Bertz CT molecular complexity index is 529. The molecule has 1 heterocycles. The fourth-order valence-electron chi connectivity index (χ4n) is 2.96. The predicted molar refractivity (Wildman–Crippen MR) is 82.8 cm³/mol. The largest absolute Gasteiger partial charge is 0.497 e. The fourth-order valence-corrected chi connectivity index (χ4v) is 2.96. The van der Waals surface area contributed by atoms with E-state index in [4.69, 9.17) is 9.84 Å². The molecule has 2 rings (SSSR count). The van der Waals surface area contributed by atoms with Gasteiger partial charge in [0.2, 0.25) is 5.91 Å². The van der Waals surface area contributed by atoms with Crippen LogP contribution < -0.4 is 4.74 Å². The van der Waals surface area contributed by atoms with Gasteiger partial charge >= 0.3 is 5.97 Å². The summed E-state index contributed by atoms with van der Waals surface area (Å²) in [6.45, 7) is 0.777. The van der Waals surface area contributed by atoms with E-state index in [2.05, 4.69) is 0 Å². The van der Waals surface area contributed by atoms with Crippen molar-refractivity contribution in [2.75, 3.05) is 13.7 Å². The number of nitrogens with zero attached hydrogens (tertiary/aromatic N) is 1. The van der Waals surface area contributed by atoms with Crippen LogP contribution >= 0.6 is 0 Å². The zero-order valence-corrected chi connectivity index (χ0v) is 13.0. The second-order valence-corrected chi connectivity index (χ2v) is 5.62. The van der Waals surface area contributed by atoms with Crippen molar-refractivity contribution in [2.45, 2.75) is 44.6 Å². The summed E-state index contributed by atoms with van der Waals surface area (Å²) in [4.78, 5) is 24.8. The normalized spacial score (nSPS) is 17.5. The highest BCUT2D eigenvalue weighted by molar-refractivity contribution is 5.77. The Labute approximate surface area is 130 Å². The lowest BCUT2D eigenvalue weighted by Gasteiger charge is -2.25. The van der Waals surface area contributed by atoms with Gasteiger partial charge in [-0.2, -0.15) is 0 Å². The third-order valence-corrected chi connectivity index (χ3v) is 4.08. The zero-order valence-electron chi connectivity index (χ0n) is 13.0. The molecule has 1 saturated heterocycles. The van der Waals surface area contributed by atoms with Crippen molar-refractivity contribution in [1.82, 2.24) is 4.90 Å². The first-order valence-corrected chi connectivity index (χ1v) is 7.77. The smallest absolute Gasteiger partial charge is 0.303 e. The van der Waals surface area contributed by atoms with Crippen LogP contribution in [0.5, 0.6) is 5.75 Å². The number of amides is 1. The number of methoxy groups -OCH3 is 1. The Hall–Kier alpha value is -2.04. The van der Waals surface area contributed by atoms with Gasteiger partial charge in [0.25, 0.3) is 0 Å². The first-order valence-electron chi connectivity index (χ1n) is 7.77. The number of benzene rings is 1. The minimum Gasteiger partial charge on any atom is -0.497 e. The van der Waals surface area contributed by atoms with Crippen LogP contribution in [0, 0.1) is 0 Å². The van der Waals surface area contributed by atoms with Crippen LogP contribution in [0.2, 0.25) is 0 Å². The van der Waals surface area contributed by atoms with E-state index in [0.717, 1.165) is 30.7 Å². The molecule has 1 atom stereocenters. The van der Waals surface area contributed by atoms with Crippen molar-refractivity contribution in [3.05, 3.63) is 29.8 Å². The lowest BCUT2D eigenvalue weighted by atomic mass is 10.0. The molecule has 1 N–H and O–H groups in total. The molecule has 1 aromatic carbocycles. The second kappa shape index (κ2) is 7.82. The number of hydrogen-bond acceptors (Lipinski definition) is 3. The van der Waals surface area contributed by atoms with Gasteiger partial charge in [0.15, 0.2) is 0 Å². The summed E-state index contributed by atoms with van der Waals surface area (Å²) >= 11 is 0. The summed E-state index contributed by atoms with van der Waals surface area (Å²) in [7, 11) is 1.64. The van der Waals surface area contributed by atoms with Crippen LogP contribution in [0.3, 0.4) is 0 Å². The Morgan fingerprint density at radius 1 is 1.32 bits per heavy atom. The quantitative estimate of drug-likeness (QED) is 0.786. The SMILES string of the molecule is COc1cccc(C2CCCN2C(=O)CCCCC(=O)O)c1. The third-order valence-electron chi connectivity index (χ3n) is 4.08. The van der Waals surface area contributed by atoms with Gasteiger partial charge in [-0.1, -0.05) is 12.1 Å². The number of carbonyl (C=O) groups excluding carboxylic acids is 1. The topological polar surface area (TPSA) is 66.8 Å². The Morgan fingerprint density at radius 3 is 2.82 bits per heavy atom. The monoisotopic (exact) mass is 305 g/mol. The minimum atomic E-state index is -0.803. The van der Waals surface area contributed by atoms with Gasteiger partial charge in [-0.15, -0.1) is 0 Å². The van der Waals surface area contributed by atoms with Crippen molar-refractivity contribution in [3.63, 3.8) is 0 Å². The molecule has 5 nitrogen and oxygen atoms in total. The minimum absolute atomic E-state index is 0.113. The summed E-state index contributed by atoms with van der Waals surface area (Å²) in [5.41, 5.74) is 1.11. The van der Waals surface area contributed by atoms with Crippen molar-refractivity contribution >= 4 is 11.9 Å². The van der Waals surface area contributed by atoms with Gasteiger partial charge in [0, 0.05) is 19.4 Å². The Kier molecular flexibility index (Phi) is 5.81. The maximum atomic E-state index is 12.4. The molecule has 0 aromatic heterocycles. The molecule has 0 aliphatic carbocycles. The number of carboxylic acid groups (broad SMARTS) is 1. The number of likely N-dealkylation sites (tertiary alicyclic amines) is 1. The molecule has 0 saturated carbocycles. The summed E-state index contributed by atoms with van der Waals surface area (Å²) in [5.74, 6) is 0.122. The van der Waals surface area contributed by atoms with Crippen LogP contribution in [0.1, 0.15) is 50.1 Å². The fraction of sp³-hybridized carbons (Fsp3) is 0.529. The lowest BCUT2D eigenvalue weighted by Crippen LogP contribution is -2.30.